The number of anilines is 1. The minimum Gasteiger partial charge on any atom is -0.497 e. The largest absolute Gasteiger partial charge is 0.497 e. The van der Waals surface area contributed by atoms with Gasteiger partial charge >= 0.3 is 0 Å². The molecule has 5 rings (SSSR count). The number of nitrogens with one attached hydrogen (secondary N) is 1. The van der Waals surface area contributed by atoms with Gasteiger partial charge in [-0.2, -0.15) is 0 Å². The molecule has 1 fully saturated rings. The van der Waals surface area contributed by atoms with Crippen molar-refractivity contribution in [1.82, 2.24) is 10.2 Å². The fourth-order valence-corrected chi connectivity index (χ4v) is 6.03. The molecule has 3 aromatic rings. The van der Waals surface area contributed by atoms with Gasteiger partial charge in [0.15, 0.2) is 0 Å². The number of carbonyl (C=O) groups is 1. The summed E-state index contributed by atoms with van der Waals surface area (Å²) in [6.45, 7) is 15.9. The van der Waals surface area contributed by atoms with Crippen LogP contribution in [0, 0.1) is 0 Å². The summed E-state index contributed by atoms with van der Waals surface area (Å²) in [7, 11) is 1.69. The van der Waals surface area contributed by atoms with E-state index >= 15 is 0 Å². The summed E-state index contributed by atoms with van der Waals surface area (Å²) >= 11 is 1.73. The maximum absolute atomic E-state index is 12.9. The number of methoxy groups -OCH3 is 1. The van der Waals surface area contributed by atoms with E-state index in [0.29, 0.717) is 12.1 Å². The molecule has 42 heavy (non-hydrogen) atoms. The van der Waals surface area contributed by atoms with E-state index in [4.69, 9.17) is 9.73 Å². The summed E-state index contributed by atoms with van der Waals surface area (Å²) in [5.41, 5.74) is 5.09. The summed E-state index contributed by atoms with van der Waals surface area (Å²) in [6.07, 6.45) is 2.88. The Morgan fingerprint density at radius 3 is 2.33 bits per heavy atom. The zero-order valence-corrected chi connectivity index (χ0v) is 27.1. The van der Waals surface area contributed by atoms with E-state index < -0.39 is 0 Å². The number of hydrogen-bond acceptors (Lipinski definition) is 6. The second-order valence-corrected chi connectivity index (χ2v) is 10.8. The normalized spacial score (nSPS) is 14.0. The number of aliphatic imine (C=N–C) groups is 1. The number of rotatable bonds is 9. The highest BCUT2D eigenvalue weighted by Gasteiger charge is 2.19. The maximum atomic E-state index is 12.9. The van der Waals surface area contributed by atoms with Crippen molar-refractivity contribution in [2.45, 2.75) is 63.7 Å². The number of carbonyl (C=O) groups excluding carboxylic acids is 1. The molecule has 3 aromatic carbocycles. The van der Waals surface area contributed by atoms with Crippen LogP contribution in [0.3, 0.4) is 0 Å². The summed E-state index contributed by atoms with van der Waals surface area (Å²) in [4.78, 5) is 25.2. The fourth-order valence-electron chi connectivity index (χ4n) is 5.01. The third kappa shape index (κ3) is 8.85. The number of piperazine rings is 1. The smallest absolute Gasteiger partial charge is 0.251 e. The Balaban J connectivity index is 0.00000116. The molecule has 6 nitrogen and oxygen atoms in total. The van der Waals surface area contributed by atoms with Gasteiger partial charge in [-0.3, -0.25) is 14.7 Å². The van der Waals surface area contributed by atoms with Gasteiger partial charge in [-0.1, -0.05) is 71.0 Å². The van der Waals surface area contributed by atoms with Crippen molar-refractivity contribution in [3.8, 4) is 5.75 Å². The lowest BCUT2D eigenvalue weighted by Gasteiger charge is -2.36. The minimum atomic E-state index is -0.0314. The lowest BCUT2D eigenvalue weighted by Crippen LogP contribution is -2.47. The van der Waals surface area contributed by atoms with Crippen molar-refractivity contribution >= 4 is 34.8 Å². The van der Waals surface area contributed by atoms with Crippen LogP contribution >= 0.6 is 11.8 Å². The third-order valence-corrected chi connectivity index (χ3v) is 8.27. The molecule has 1 saturated heterocycles. The molecular weight excluding hydrogens is 540 g/mol. The van der Waals surface area contributed by atoms with Gasteiger partial charge in [0.2, 0.25) is 0 Å². The SMILES string of the molecule is CC.CC.CCCC1=Nc2cc(C(=O)NCCCN3CCN(c4ccc(OC)cc4)CC3)ccc2Sc2ccccc21. The van der Waals surface area contributed by atoms with Crippen LogP contribution in [0.15, 0.2) is 81.5 Å². The van der Waals surface area contributed by atoms with Gasteiger partial charge < -0.3 is 15.0 Å². The summed E-state index contributed by atoms with van der Waals surface area (Å²) in [5.74, 6) is 0.856. The Labute approximate surface area is 257 Å². The molecule has 2 heterocycles. The predicted molar refractivity (Wildman–Crippen MR) is 179 cm³/mol. The van der Waals surface area contributed by atoms with E-state index in [0.717, 1.165) is 74.0 Å². The summed E-state index contributed by atoms with van der Waals surface area (Å²) in [5, 5.41) is 3.12. The molecule has 0 aliphatic carbocycles. The van der Waals surface area contributed by atoms with Crippen LogP contribution in [0.25, 0.3) is 0 Å². The van der Waals surface area contributed by atoms with E-state index in [1.807, 2.05) is 58.0 Å². The van der Waals surface area contributed by atoms with Gasteiger partial charge in [0, 0.05) is 65.0 Å². The van der Waals surface area contributed by atoms with Crippen molar-refractivity contribution in [3.63, 3.8) is 0 Å². The highest BCUT2D eigenvalue weighted by atomic mass is 32.2. The third-order valence-electron chi connectivity index (χ3n) is 7.13. The van der Waals surface area contributed by atoms with Crippen LogP contribution in [0.2, 0.25) is 0 Å². The second-order valence-electron chi connectivity index (χ2n) is 9.73. The molecule has 0 saturated carbocycles. The molecule has 0 bridgehead atoms. The number of hydrogen-bond donors (Lipinski definition) is 1. The second kappa shape index (κ2) is 17.6. The van der Waals surface area contributed by atoms with Crippen LogP contribution < -0.4 is 15.0 Å². The van der Waals surface area contributed by atoms with E-state index in [9.17, 15) is 4.79 Å². The fraction of sp³-hybridized carbons (Fsp3) is 0.429. The maximum Gasteiger partial charge on any atom is 0.251 e. The average Bonchev–Trinajstić information content (AvgIpc) is 3.21. The Bertz CT molecular complexity index is 1280. The van der Waals surface area contributed by atoms with Crippen molar-refractivity contribution < 1.29 is 9.53 Å². The van der Waals surface area contributed by atoms with Gasteiger partial charge in [-0.05, 0) is 67.9 Å². The zero-order chi connectivity index (χ0) is 30.3. The minimum absolute atomic E-state index is 0.0314. The summed E-state index contributed by atoms with van der Waals surface area (Å²) in [6, 6.07) is 22.6. The Morgan fingerprint density at radius 1 is 0.929 bits per heavy atom. The topological polar surface area (TPSA) is 57.2 Å². The van der Waals surface area contributed by atoms with Gasteiger partial charge in [0.1, 0.15) is 5.75 Å². The van der Waals surface area contributed by atoms with Crippen molar-refractivity contribution in [3.05, 3.63) is 77.9 Å². The first-order valence-electron chi connectivity index (χ1n) is 15.5. The quantitative estimate of drug-likeness (QED) is 0.256. The van der Waals surface area contributed by atoms with Gasteiger partial charge in [-0.15, -0.1) is 0 Å². The van der Waals surface area contributed by atoms with E-state index in [1.165, 1.54) is 16.1 Å². The molecule has 2 aliphatic rings. The van der Waals surface area contributed by atoms with Crippen LogP contribution in [-0.4, -0.2) is 62.9 Å². The molecule has 7 heteroatoms. The highest BCUT2D eigenvalue weighted by molar-refractivity contribution is 7.99. The van der Waals surface area contributed by atoms with Crippen LogP contribution in [0.5, 0.6) is 5.75 Å². The number of fused-ring (bicyclic) bond motifs is 2. The van der Waals surface area contributed by atoms with Crippen molar-refractivity contribution in [2.24, 2.45) is 4.99 Å². The number of ether oxygens (including phenoxy) is 1. The standard InChI is InChI=1S/C31H36N4O2S.2C2H6/c1-3-7-27-26-8-4-5-9-29(26)38-30-15-10-23(22-28(30)33-27)31(36)32-16-6-17-34-18-20-35(21-19-34)24-11-13-25(37-2)14-12-24;2*1-2/h4-5,8-15,22H,3,6-7,16-21H2,1-2H3,(H,32,36);2*1-2H3. The predicted octanol–water partition coefficient (Wildman–Crippen LogP) is 8.08. The molecular formula is C35H48N4O2S. The first kappa shape index (κ1) is 33.2. The number of nitrogens with zero attached hydrogens (tertiary/aromatic N) is 3. The molecule has 0 aromatic heterocycles. The van der Waals surface area contributed by atoms with Crippen molar-refractivity contribution in [2.75, 3.05) is 51.3 Å². The molecule has 1 amide bonds. The molecule has 0 radical (unpaired) electrons. The van der Waals surface area contributed by atoms with Crippen LogP contribution in [0.4, 0.5) is 11.4 Å². The molecule has 1 N–H and O–H groups in total. The van der Waals surface area contributed by atoms with Crippen LogP contribution in [-0.2, 0) is 0 Å². The first-order chi connectivity index (χ1) is 20.6. The first-order valence-corrected chi connectivity index (χ1v) is 16.3. The van der Waals surface area contributed by atoms with Crippen molar-refractivity contribution in [1.29, 1.82) is 0 Å². The lowest BCUT2D eigenvalue weighted by atomic mass is 10.1. The Kier molecular flexibility index (Phi) is 13.9. The molecule has 2 aliphatic heterocycles. The number of benzene rings is 3. The van der Waals surface area contributed by atoms with E-state index in [1.54, 1.807) is 18.9 Å². The Morgan fingerprint density at radius 2 is 1.64 bits per heavy atom. The van der Waals surface area contributed by atoms with Gasteiger partial charge in [-0.25, -0.2) is 0 Å². The zero-order valence-electron chi connectivity index (χ0n) is 26.3. The van der Waals surface area contributed by atoms with Gasteiger partial charge in [0.05, 0.1) is 12.8 Å². The highest BCUT2D eigenvalue weighted by Crippen LogP contribution is 2.41. The van der Waals surface area contributed by atoms with Gasteiger partial charge in [0.25, 0.3) is 5.91 Å². The van der Waals surface area contributed by atoms with E-state index in [2.05, 4.69) is 58.4 Å². The van der Waals surface area contributed by atoms with Crippen LogP contribution in [0.1, 0.15) is 69.8 Å². The summed E-state index contributed by atoms with van der Waals surface area (Å²) < 4.78 is 5.27. The average molecular weight is 589 g/mol. The number of amides is 1. The molecule has 0 spiro atoms. The monoisotopic (exact) mass is 588 g/mol. The van der Waals surface area contributed by atoms with E-state index in [-0.39, 0.29) is 5.91 Å². The molecule has 0 atom stereocenters. The Hall–Kier alpha value is -3.29. The molecule has 0 unspecified atom stereocenters. The lowest BCUT2D eigenvalue weighted by molar-refractivity contribution is 0.0951. The molecule has 226 valence electrons.